The molecule has 1 aromatic rings. The van der Waals surface area contributed by atoms with E-state index in [4.69, 9.17) is 4.74 Å². The summed E-state index contributed by atoms with van der Waals surface area (Å²) in [5.74, 6) is -0.0601. The Hall–Kier alpha value is -0.620. The van der Waals surface area contributed by atoms with Gasteiger partial charge in [-0.1, -0.05) is 12.1 Å². The van der Waals surface area contributed by atoms with Crippen LogP contribution in [0.2, 0.25) is 0 Å². The van der Waals surface area contributed by atoms with Gasteiger partial charge in [-0.15, -0.1) is 0 Å². The monoisotopic (exact) mass is 333 g/mol. The van der Waals surface area contributed by atoms with E-state index in [1.54, 1.807) is 7.11 Å². The highest BCUT2D eigenvalue weighted by Crippen LogP contribution is 2.12. The molecule has 3 nitrogen and oxygen atoms in total. The number of rotatable bonds is 4. The van der Waals surface area contributed by atoms with E-state index in [0.29, 0.717) is 12.1 Å². The number of halogens is 1. The molecular formula is C12H16INO2. The van der Waals surface area contributed by atoms with Crippen LogP contribution in [0, 0.1) is 3.57 Å². The van der Waals surface area contributed by atoms with Crippen molar-refractivity contribution in [3.8, 4) is 0 Å². The highest BCUT2D eigenvalue weighted by molar-refractivity contribution is 14.1. The minimum Gasteiger partial charge on any atom is -0.377 e. The molecule has 0 fully saturated rings. The third-order valence-electron chi connectivity index (χ3n) is 2.35. The maximum Gasteiger partial charge on any atom is 0.252 e. The molecule has 1 aromatic carbocycles. The van der Waals surface area contributed by atoms with Crippen molar-refractivity contribution < 1.29 is 9.53 Å². The van der Waals surface area contributed by atoms with Crippen LogP contribution in [0.4, 0.5) is 0 Å². The van der Waals surface area contributed by atoms with Gasteiger partial charge in [0.2, 0.25) is 0 Å². The predicted octanol–water partition coefficient (Wildman–Crippen LogP) is 2.45. The van der Waals surface area contributed by atoms with Crippen LogP contribution < -0.4 is 5.32 Å². The first-order chi connectivity index (χ1) is 7.46. The summed E-state index contributed by atoms with van der Waals surface area (Å²) in [6, 6.07) is 7.50. The molecule has 0 saturated carbocycles. The Balaban J connectivity index is 2.64. The highest BCUT2D eigenvalue weighted by atomic mass is 127. The number of nitrogens with one attached hydrogen (secondary N) is 1. The summed E-state index contributed by atoms with van der Waals surface area (Å²) in [6.07, 6.45) is 0. The second kappa shape index (κ2) is 5.63. The fourth-order valence-corrected chi connectivity index (χ4v) is 1.74. The topological polar surface area (TPSA) is 38.3 Å². The molecule has 1 amide bonds. The Morgan fingerprint density at radius 1 is 1.44 bits per heavy atom. The summed E-state index contributed by atoms with van der Waals surface area (Å²) in [4.78, 5) is 11.9. The number of ether oxygens (including phenoxy) is 1. The number of amides is 1. The molecule has 0 atom stereocenters. The molecule has 0 bridgehead atoms. The predicted molar refractivity (Wildman–Crippen MR) is 72.6 cm³/mol. The summed E-state index contributed by atoms with van der Waals surface area (Å²) >= 11 is 2.15. The average molecular weight is 333 g/mol. The Morgan fingerprint density at radius 2 is 2.06 bits per heavy atom. The van der Waals surface area contributed by atoms with Crippen LogP contribution in [0.5, 0.6) is 0 Å². The molecule has 1 N–H and O–H groups in total. The Labute approximate surface area is 110 Å². The van der Waals surface area contributed by atoms with E-state index in [-0.39, 0.29) is 11.5 Å². The van der Waals surface area contributed by atoms with Crippen LogP contribution in [0.3, 0.4) is 0 Å². The lowest BCUT2D eigenvalue weighted by Crippen LogP contribution is -2.39. The number of carbonyl (C=O) groups excluding carboxylic acids is 1. The van der Waals surface area contributed by atoms with Crippen LogP contribution in [-0.2, 0) is 4.74 Å². The molecule has 0 aliphatic heterocycles. The van der Waals surface area contributed by atoms with E-state index in [2.05, 4.69) is 27.9 Å². The lowest BCUT2D eigenvalue weighted by Gasteiger charge is -2.23. The molecule has 0 unspecified atom stereocenters. The van der Waals surface area contributed by atoms with E-state index in [0.717, 1.165) is 3.57 Å². The molecular weight excluding hydrogens is 317 g/mol. The first kappa shape index (κ1) is 13.4. The van der Waals surface area contributed by atoms with Gasteiger partial charge >= 0.3 is 0 Å². The van der Waals surface area contributed by atoms with Crippen LogP contribution in [0.15, 0.2) is 24.3 Å². The van der Waals surface area contributed by atoms with Crippen molar-refractivity contribution in [3.05, 3.63) is 33.4 Å². The fourth-order valence-electron chi connectivity index (χ4n) is 1.11. The Kier molecular flexibility index (Phi) is 4.73. The summed E-state index contributed by atoms with van der Waals surface area (Å²) in [5.41, 5.74) is 0.366. The zero-order chi connectivity index (χ0) is 12.2. The summed E-state index contributed by atoms with van der Waals surface area (Å²) in [5, 5.41) is 2.86. The van der Waals surface area contributed by atoms with Crippen LogP contribution in [0.25, 0.3) is 0 Å². The van der Waals surface area contributed by atoms with Gasteiger partial charge < -0.3 is 10.1 Å². The fraction of sp³-hybridized carbons (Fsp3) is 0.417. The summed E-state index contributed by atoms with van der Waals surface area (Å²) < 4.78 is 6.19. The van der Waals surface area contributed by atoms with Gasteiger partial charge in [-0.3, -0.25) is 4.79 Å². The minimum atomic E-state index is -0.337. The molecule has 0 aromatic heterocycles. The van der Waals surface area contributed by atoms with Crippen molar-refractivity contribution in [2.24, 2.45) is 0 Å². The molecule has 0 radical (unpaired) electrons. The third-order valence-corrected chi connectivity index (χ3v) is 3.29. The summed E-state index contributed by atoms with van der Waals surface area (Å²) in [6.45, 7) is 4.36. The Morgan fingerprint density at radius 3 is 2.62 bits per heavy atom. The normalized spacial score (nSPS) is 11.2. The van der Waals surface area contributed by atoms with Gasteiger partial charge in [0.25, 0.3) is 5.91 Å². The van der Waals surface area contributed by atoms with Crippen molar-refractivity contribution in [1.82, 2.24) is 5.32 Å². The summed E-state index contributed by atoms with van der Waals surface area (Å²) in [7, 11) is 1.64. The number of carbonyl (C=O) groups is 1. The average Bonchev–Trinajstić information content (AvgIpc) is 2.27. The van der Waals surface area contributed by atoms with Gasteiger partial charge in [0.1, 0.15) is 0 Å². The van der Waals surface area contributed by atoms with Gasteiger partial charge in [-0.05, 0) is 48.6 Å². The van der Waals surface area contributed by atoms with Crippen LogP contribution in [-0.4, -0.2) is 25.2 Å². The van der Waals surface area contributed by atoms with Crippen molar-refractivity contribution >= 4 is 28.5 Å². The zero-order valence-corrected chi connectivity index (χ0v) is 11.9. The van der Waals surface area contributed by atoms with E-state index in [9.17, 15) is 4.79 Å². The molecule has 4 heteroatoms. The van der Waals surface area contributed by atoms with Crippen molar-refractivity contribution in [1.29, 1.82) is 0 Å². The van der Waals surface area contributed by atoms with Gasteiger partial charge in [0.15, 0.2) is 0 Å². The largest absolute Gasteiger partial charge is 0.377 e. The standard InChI is InChI=1S/C12H16INO2/c1-12(2,16-3)8-14-11(15)9-6-4-5-7-10(9)13/h4-7H,8H2,1-3H3,(H,14,15). The van der Waals surface area contributed by atoms with Gasteiger partial charge in [-0.2, -0.15) is 0 Å². The van der Waals surface area contributed by atoms with Crippen molar-refractivity contribution in [2.45, 2.75) is 19.4 Å². The molecule has 1 rings (SSSR count). The first-order valence-corrected chi connectivity index (χ1v) is 6.12. The highest BCUT2D eigenvalue weighted by Gasteiger charge is 2.18. The van der Waals surface area contributed by atoms with Crippen LogP contribution in [0.1, 0.15) is 24.2 Å². The van der Waals surface area contributed by atoms with E-state index >= 15 is 0 Å². The maximum absolute atomic E-state index is 11.9. The number of hydrogen-bond donors (Lipinski definition) is 1. The van der Waals surface area contributed by atoms with Crippen LogP contribution >= 0.6 is 22.6 Å². The molecule has 16 heavy (non-hydrogen) atoms. The van der Waals surface area contributed by atoms with E-state index in [1.165, 1.54) is 0 Å². The van der Waals surface area contributed by atoms with E-state index < -0.39 is 0 Å². The Bertz CT molecular complexity index is 377. The van der Waals surface area contributed by atoms with Crippen molar-refractivity contribution in [2.75, 3.05) is 13.7 Å². The maximum atomic E-state index is 11.9. The second-order valence-corrected chi connectivity index (χ2v) is 5.29. The number of methoxy groups -OCH3 is 1. The number of hydrogen-bond acceptors (Lipinski definition) is 2. The van der Waals surface area contributed by atoms with Gasteiger partial charge in [0.05, 0.1) is 11.2 Å². The molecule has 88 valence electrons. The van der Waals surface area contributed by atoms with E-state index in [1.807, 2.05) is 38.1 Å². The molecule has 0 aliphatic carbocycles. The first-order valence-electron chi connectivity index (χ1n) is 5.04. The smallest absolute Gasteiger partial charge is 0.252 e. The SMILES string of the molecule is COC(C)(C)CNC(=O)c1ccccc1I. The molecule has 0 saturated heterocycles. The number of benzene rings is 1. The molecule has 0 heterocycles. The zero-order valence-electron chi connectivity index (χ0n) is 9.71. The van der Waals surface area contributed by atoms with Gasteiger partial charge in [-0.25, -0.2) is 0 Å². The third kappa shape index (κ3) is 3.75. The lowest BCUT2D eigenvalue weighted by atomic mass is 10.1. The lowest BCUT2D eigenvalue weighted by molar-refractivity contribution is 0.0228. The molecule has 0 spiro atoms. The van der Waals surface area contributed by atoms with Crippen molar-refractivity contribution in [3.63, 3.8) is 0 Å². The molecule has 0 aliphatic rings. The minimum absolute atomic E-state index is 0.0601. The quantitative estimate of drug-likeness (QED) is 0.860. The second-order valence-electron chi connectivity index (χ2n) is 4.13. The van der Waals surface area contributed by atoms with Gasteiger partial charge in [0, 0.05) is 17.2 Å².